The molecule has 0 radical (unpaired) electrons. The van der Waals surface area contributed by atoms with E-state index in [9.17, 15) is 19.2 Å². The van der Waals surface area contributed by atoms with Crippen molar-refractivity contribution in [3.63, 3.8) is 0 Å². The molecule has 4 unspecified atom stereocenters. The van der Waals surface area contributed by atoms with Crippen LogP contribution in [-0.4, -0.2) is 93.1 Å². The van der Waals surface area contributed by atoms with Crippen LogP contribution < -0.4 is 10.6 Å². The highest BCUT2D eigenvalue weighted by molar-refractivity contribution is 5.87. The number of methoxy groups -OCH3 is 2. The van der Waals surface area contributed by atoms with Gasteiger partial charge in [0.15, 0.2) is 0 Å². The van der Waals surface area contributed by atoms with Gasteiger partial charge in [0.2, 0.25) is 11.8 Å². The largest absolute Gasteiger partial charge is 0.453 e. The molecule has 334 valence electrons. The monoisotopic (exact) mass is 851 g/mol. The van der Waals surface area contributed by atoms with E-state index < -0.39 is 24.3 Å². The van der Waals surface area contributed by atoms with Crippen molar-refractivity contribution in [2.24, 2.45) is 11.8 Å². The van der Waals surface area contributed by atoms with Gasteiger partial charge in [0, 0.05) is 24.2 Å². The highest BCUT2D eigenvalue weighted by Gasteiger charge is 2.39. The van der Waals surface area contributed by atoms with E-state index in [0.29, 0.717) is 13.1 Å². The van der Waals surface area contributed by atoms with E-state index >= 15 is 0 Å². The fraction of sp³-hybridized carbons (Fsp3) is 0.542. The molecule has 2 aliphatic heterocycles. The number of H-pyrrole nitrogens is 2. The number of rotatable bonds is 15. The minimum atomic E-state index is -0.696. The van der Waals surface area contributed by atoms with Crippen LogP contribution in [0.2, 0.25) is 0 Å². The van der Waals surface area contributed by atoms with E-state index in [4.69, 9.17) is 19.4 Å². The first-order chi connectivity index (χ1) is 29.8. The summed E-state index contributed by atoms with van der Waals surface area (Å²) in [5, 5.41) is 5.47. The number of nitrogens with zero attached hydrogens (tertiary/aromatic N) is 4. The summed E-state index contributed by atoms with van der Waals surface area (Å²) < 4.78 is 9.63. The molecule has 2 aromatic heterocycles. The summed E-state index contributed by atoms with van der Waals surface area (Å²) in [6.45, 7) is 17.7. The summed E-state index contributed by atoms with van der Waals surface area (Å²) in [5.41, 5.74) is 11.6. The molecule has 0 aliphatic carbocycles. The molecule has 4 amide bonds. The molecule has 4 aromatic rings. The van der Waals surface area contributed by atoms with Crippen molar-refractivity contribution in [2.75, 3.05) is 27.3 Å². The van der Waals surface area contributed by atoms with Crippen molar-refractivity contribution >= 4 is 24.0 Å². The number of aromatic amines is 2. The molecule has 0 saturated carbocycles. The molecule has 2 saturated heterocycles. The van der Waals surface area contributed by atoms with Gasteiger partial charge in [-0.2, -0.15) is 0 Å². The zero-order valence-corrected chi connectivity index (χ0v) is 38.2. The average molecular weight is 851 g/mol. The van der Waals surface area contributed by atoms with Crippen molar-refractivity contribution in [1.82, 2.24) is 40.4 Å². The van der Waals surface area contributed by atoms with Gasteiger partial charge in [0.1, 0.15) is 23.7 Å². The first-order valence-corrected chi connectivity index (χ1v) is 22.5. The lowest BCUT2D eigenvalue weighted by molar-refractivity contribution is -0.136. The molecule has 14 heteroatoms. The SMILES string of the molecule is CCc1c(-c2cnc(C3CCCN3C(=O)C(NC(=O)OC)C(C)C)[nH]2)ccc(-c2ccc(-c3cnc(C4CCCN4C(=O)C(NC(=O)OC)C(C)C)[nH]3)c(CC)c2CC)c1CC. The molecular formula is C48H66N8O6. The number of amides is 4. The van der Waals surface area contributed by atoms with Crippen molar-refractivity contribution in [3.8, 4) is 33.6 Å². The lowest BCUT2D eigenvalue weighted by Crippen LogP contribution is -2.51. The number of nitrogens with one attached hydrogen (secondary N) is 4. The van der Waals surface area contributed by atoms with Crippen LogP contribution >= 0.6 is 0 Å². The molecule has 6 rings (SSSR count). The molecule has 2 fully saturated rings. The maximum absolute atomic E-state index is 13.8. The fourth-order valence-electron chi connectivity index (χ4n) is 9.68. The lowest BCUT2D eigenvalue weighted by atomic mass is 9.83. The van der Waals surface area contributed by atoms with Crippen LogP contribution in [0.4, 0.5) is 9.59 Å². The number of aromatic nitrogens is 4. The Bertz CT molecular complexity index is 2090. The Morgan fingerprint density at radius 1 is 0.613 bits per heavy atom. The third kappa shape index (κ3) is 9.10. The standard InChI is InChI=1S/C48H66N8O6/c1-11-29-31(13-3)35(37-25-49-43(51-37)39-17-15-23-55(39)45(57)41(27(5)6)53-47(59)61-9)21-19-33(29)34-20-22-36(32(14-4)30(34)12-2)38-26-50-44(52-38)40-18-16-24-56(40)46(58)42(28(7)8)54-48(60)62-10/h19-22,25-28,39-42H,11-18,23-24H2,1-10H3,(H,49,51)(H,50,52)(H,53,59)(H,54,60). The van der Waals surface area contributed by atoms with Crippen molar-refractivity contribution in [3.05, 3.63) is 70.6 Å². The average Bonchev–Trinajstić information content (AvgIpc) is 4.12. The number of hydrogen-bond acceptors (Lipinski definition) is 8. The number of alkyl carbamates (subject to hydrolysis) is 2. The van der Waals surface area contributed by atoms with Crippen LogP contribution in [0.5, 0.6) is 0 Å². The Morgan fingerprint density at radius 3 is 1.27 bits per heavy atom. The van der Waals surface area contributed by atoms with Crippen molar-refractivity contribution in [2.45, 2.75) is 131 Å². The van der Waals surface area contributed by atoms with Gasteiger partial charge >= 0.3 is 12.2 Å². The second-order valence-electron chi connectivity index (χ2n) is 17.1. The molecule has 2 aromatic carbocycles. The highest BCUT2D eigenvalue weighted by Crippen LogP contribution is 2.41. The third-order valence-corrected chi connectivity index (χ3v) is 12.8. The predicted octanol–water partition coefficient (Wildman–Crippen LogP) is 8.47. The lowest BCUT2D eigenvalue weighted by Gasteiger charge is -2.30. The van der Waals surface area contributed by atoms with Gasteiger partial charge in [0.05, 0.1) is 50.1 Å². The molecule has 4 N–H and O–H groups in total. The third-order valence-electron chi connectivity index (χ3n) is 12.8. The van der Waals surface area contributed by atoms with E-state index in [1.807, 2.05) is 49.9 Å². The number of carbonyl (C=O) groups is 4. The first kappa shape index (κ1) is 45.9. The Kier molecular flexibility index (Phi) is 14.8. The molecule has 0 spiro atoms. The van der Waals surface area contributed by atoms with Gasteiger partial charge in [-0.05, 0) is 96.6 Å². The minimum absolute atomic E-state index is 0.112. The van der Waals surface area contributed by atoms with Gasteiger partial charge in [-0.1, -0.05) is 79.7 Å². The summed E-state index contributed by atoms with van der Waals surface area (Å²) in [4.78, 5) is 72.4. The Labute approximate surface area is 366 Å². The Hall–Kier alpha value is -5.66. The number of carbonyl (C=O) groups excluding carboxylic acids is 4. The zero-order valence-electron chi connectivity index (χ0n) is 38.2. The molecule has 14 nitrogen and oxygen atoms in total. The maximum Gasteiger partial charge on any atom is 0.407 e. The summed E-state index contributed by atoms with van der Waals surface area (Å²) in [6.07, 6.45) is 9.16. The molecule has 2 aliphatic rings. The maximum atomic E-state index is 13.8. The number of benzene rings is 2. The molecule has 4 heterocycles. The van der Waals surface area contributed by atoms with E-state index in [0.717, 1.165) is 85.5 Å². The van der Waals surface area contributed by atoms with Crippen LogP contribution in [0.3, 0.4) is 0 Å². The van der Waals surface area contributed by atoms with Gasteiger partial charge in [0.25, 0.3) is 0 Å². The second kappa shape index (κ2) is 20.0. The summed E-state index contributed by atoms with van der Waals surface area (Å²) in [6, 6.07) is 7.07. The van der Waals surface area contributed by atoms with Crippen LogP contribution in [0, 0.1) is 11.8 Å². The predicted molar refractivity (Wildman–Crippen MR) is 240 cm³/mol. The molecular weight excluding hydrogens is 785 g/mol. The van der Waals surface area contributed by atoms with Gasteiger partial charge in [-0.15, -0.1) is 0 Å². The summed E-state index contributed by atoms with van der Waals surface area (Å²) in [7, 11) is 2.60. The van der Waals surface area contributed by atoms with E-state index in [-0.39, 0.29) is 35.7 Å². The smallest absolute Gasteiger partial charge is 0.407 e. The van der Waals surface area contributed by atoms with Crippen LogP contribution in [0.25, 0.3) is 33.6 Å². The normalized spacial score (nSPS) is 17.4. The van der Waals surface area contributed by atoms with E-state index in [1.54, 1.807) is 0 Å². The number of imidazole rings is 2. The van der Waals surface area contributed by atoms with Crippen LogP contribution in [0.1, 0.15) is 127 Å². The van der Waals surface area contributed by atoms with E-state index in [2.05, 4.69) is 72.6 Å². The second-order valence-corrected chi connectivity index (χ2v) is 17.1. The van der Waals surface area contributed by atoms with E-state index in [1.165, 1.54) is 47.6 Å². The molecule has 4 atom stereocenters. The minimum Gasteiger partial charge on any atom is -0.453 e. The number of ether oxygens (including phenoxy) is 2. The summed E-state index contributed by atoms with van der Waals surface area (Å²) in [5.74, 6) is 1.01. The van der Waals surface area contributed by atoms with Crippen LogP contribution in [-0.2, 0) is 44.7 Å². The zero-order chi connectivity index (χ0) is 44.8. The van der Waals surface area contributed by atoms with Crippen molar-refractivity contribution in [1.29, 1.82) is 0 Å². The molecule has 62 heavy (non-hydrogen) atoms. The Morgan fingerprint density at radius 2 is 0.952 bits per heavy atom. The van der Waals surface area contributed by atoms with Gasteiger partial charge in [-0.3, -0.25) is 9.59 Å². The first-order valence-electron chi connectivity index (χ1n) is 22.5. The topological polar surface area (TPSA) is 175 Å². The quantitative estimate of drug-likeness (QED) is 0.0922. The van der Waals surface area contributed by atoms with Crippen molar-refractivity contribution < 1.29 is 28.7 Å². The van der Waals surface area contributed by atoms with Gasteiger partial charge < -0.3 is 39.9 Å². The molecule has 0 bridgehead atoms. The van der Waals surface area contributed by atoms with Gasteiger partial charge in [-0.25, -0.2) is 19.6 Å². The summed E-state index contributed by atoms with van der Waals surface area (Å²) >= 11 is 0. The Balaban J connectivity index is 1.29. The number of hydrogen-bond donors (Lipinski definition) is 4. The fourth-order valence-corrected chi connectivity index (χ4v) is 9.68. The highest BCUT2D eigenvalue weighted by atomic mass is 16.5. The van der Waals surface area contributed by atoms with Crippen LogP contribution in [0.15, 0.2) is 36.7 Å². The number of likely N-dealkylation sites (tertiary alicyclic amines) is 2.